The molecule has 0 saturated carbocycles. The molecule has 0 spiro atoms. The van der Waals surface area contributed by atoms with Crippen molar-refractivity contribution in [1.82, 2.24) is 4.98 Å². The fraction of sp³-hybridized carbons (Fsp3) is 0.0938. The van der Waals surface area contributed by atoms with Crippen LogP contribution in [0.15, 0.2) is 91.0 Å². The number of fused-ring (bicyclic) bond motifs is 1. The van der Waals surface area contributed by atoms with Gasteiger partial charge in [-0.25, -0.2) is 13.8 Å². The Balaban J connectivity index is 0.000000235. The molecule has 0 saturated heterocycles. The number of nitrogen functional groups attached to an aromatic ring is 1. The fourth-order valence-electron chi connectivity index (χ4n) is 3.55. The van der Waals surface area contributed by atoms with Gasteiger partial charge in [0.15, 0.2) is 5.78 Å². The predicted molar refractivity (Wildman–Crippen MR) is 164 cm³/mol. The largest absolute Gasteiger partial charge is 0.399 e. The highest BCUT2D eigenvalue weighted by atomic mass is 35.5. The summed E-state index contributed by atoms with van der Waals surface area (Å²) in [5.41, 5.74) is 8.75. The number of nitrogens with zero attached hydrogens (tertiary/aromatic N) is 1. The van der Waals surface area contributed by atoms with Crippen LogP contribution >= 0.6 is 34.8 Å². The van der Waals surface area contributed by atoms with Gasteiger partial charge < -0.3 is 5.73 Å². The summed E-state index contributed by atoms with van der Waals surface area (Å²) in [5.74, 6) is -0.894. The maximum Gasteiger partial charge on any atom is 0.373 e. The number of ketones is 1. The maximum atomic E-state index is 13.9. The Hall–Kier alpha value is -4.13. The van der Waals surface area contributed by atoms with E-state index in [0.29, 0.717) is 33.2 Å². The van der Waals surface area contributed by atoms with Crippen LogP contribution in [0.1, 0.15) is 29.3 Å². The van der Waals surface area contributed by atoms with E-state index < -0.39 is 5.82 Å². The average Bonchev–Trinajstić information content (AvgIpc) is 2.98. The molecule has 5 aromatic rings. The first kappa shape index (κ1) is 34.1. The molecule has 1 aromatic heterocycles. The third-order valence-electron chi connectivity index (χ3n) is 5.61. The molecular formula is C32H25Cl3F2N2O3. The highest BCUT2D eigenvalue weighted by Gasteiger charge is 2.14. The van der Waals surface area contributed by atoms with Gasteiger partial charge in [-0.1, -0.05) is 66.0 Å². The zero-order valence-corrected chi connectivity index (χ0v) is 24.8. The van der Waals surface area contributed by atoms with Crippen molar-refractivity contribution < 1.29 is 23.2 Å². The van der Waals surface area contributed by atoms with Crippen molar-refractivity contribution in [2.75, 3.05) is 5.73 Å². The van der Waals surface area contributed by atoms with E-state index in [1.165, 1.54) is 18.2 Å². The molecule has 0 unspecified atom stereocenters. The van der Waals surface area contributed by atoms with Gasteiger partial charge in [0.05, 0.1) is 21.8 Å². The number of carbonyl (C=O) groups excluding carboxylic acids is 3. The van der Waals surface area contributed by atoms with E-state index in [-0.39, 0.29) is 23.3 Å². The van der Waals surface area contributed by atoms with Gasteiger partial charge in [0, 0.05) is 33.1 Å². The summed E-state index contributed by atoms with van der Waals surface area (Å²) in [4.78, 5) is 31.8. The van der Waals surface area contributed by atoms with Crippen molar-refractivity contribution in [2.45, 2.75) is 20.3 Å². The van der Waals surface area contributed by atoms with Gasteiger partial charge in [0.2, 0.25) is 0 Å². The van der Waals surface area contributed by atoms with Crippen molar-refractivity contribution >= 4 is 63.3 Å². The highest BCUT2D eigenvalue weighted by Crippen LogP contribution is 2.34. The van der Waals surface area contributed by atoms with E-state index in [4.69, 9.17) is 50.1 Å². The molecule has 0 aliphatic rings. The number of aromatic nitrogens is 1. The molecule has 0 radical (unpaired) electrons. The number of pyridine rings is 1. The molecule has 5 nitrogen and oxygen atoms in total. The molecule has 0 aliphatic heterocycles. The molecule has 0 fully saturated rings. The van der Waals surface area contributed by atoms with Crippen LogP contribution in [0.4, 0.5) is 14.5 Å². The summed E-state index contributed by atoms with van der Waals surface area (Å²) in [6.07, 6.45) is 0.598. The Labute approximate surface area is 256 Å². The van der Waals surface area contributed by atoms with Crippen LogP contribution in [-0.2, 0) is 9.59 Å². The third kappa shape index (κ3) is 9.75. The number of Topliss-reactive ketones (excluding diaryl/α,β-unsaturated/α-hetero) is 1. The number of benzene rings is 4. The molecule has 42 heavy (non-hydrogen) atoms. The third-order valence-corrected chi connectivity index (χ3v) is 6.58. The molecule has 0 atom stereocenters. The lowest BCUT2D eigenvalue weighted by atomic mass is 10.0. The Morgan fingerprint density at radius 2 is 1.38 bits per heavy atom. The average molecular weight is 630 g/mol. The fourth-order valence-corrected chi connectivity index (χ4v) is 4.09. The molecule has 2 N–H and O–H groups in total. The summed E-state index contributed by atoms with van der Waals surface area (Å²) < 4.78 is 26.8. The van der Waals surface area contributed by atoms with Crippen LogP contribution in [0.5, 0.6) is 0 Å². The van der Waals surface area contributed by atoms with Crippen LogP contribution in [-0.4, -0.2) is 16.9 Å². The summed E-state index contributed by atoms with van der Waals surface area (Å²) >= 11 is 17.9. The Morgan fingerprint density at radius 1 is 0.833 bits per heavy atom. The standard InChI is InChI=1S/C16H10Cl2FN.C9H9FO.C6H6ClN.CO2/c1-9-15(18)12-8-10(17)6-7-14(12)20-16(9)11-4-2-3-5-13(11)19;1-2-9(11)7-5-3-4-6-8(7)10;7-5-1-3-6(8)4-2-5;2-1-3/h2-8H,1H3;3-6H,2H2,1H3;1-4H,8H2;. The van der Waals surface area contributed by atoms with E-state index in [9.17, 15) is 13.6 Å². The molecule has 1 heterocycles. The van der Waals surface area contributed by atoms with Crippen molar-refractivity contribution in [3.05, 3.63) is 129 Å². The molecule has 10 heteroatoms. The monoisotopic (exact) mass is 628 g/mol. The van der Waals surface area contributed by atoms with Crippen LogP contribution < -0.4 is 5.73 Å². The van der Waals surface area contributed by atoms with Gasteiger partial charge in [-0.2, -0.15) is 9.59 Å². The number of anilines is 1. The number of hydrogen-bond acceptors (Lipinski definition) is 5. The van der Waals surface area contributed by atoms with Crippen molar-refractivity contribution in [2.24, 2.45) is 0 Å². The zero-order chi connectivity index (χ0) is 31.2. The SMILES string of the molecule is CCC(=O)c1ccccc1F.Cc1c(-c2ccccc2F)nc2ccc(Cl)cc2c1Cl.Nc1ccc(Cl)cc1.O=C=O. The summed E-state index contributed by atoms with van der Waals surface area (Å²) in [6, 6.07) is 24.9. The van der Waals surface area contributed by atoms with Gasteiger partial charge in [0.25, 0.3) is 0 Å². The molecule has 0 aliphatic carbocycles. The van der Waals surface area contributed by atoms with E-state index in [0.717, 1.165) is 21.7 Å². The van der Waals surface area contributed by atoms with E-state index >= 15 is 0 Å². The Bertz CT molecular complexity index is 1670. The van der Waals surface area contributed by atoms with Crippen LogP contribution in [0.3, 0.4) is 0 Å². The number of nitrogens with two attached hydrogens (primary N) is 1. The lowest BCUT2D eigenvalue weighted by molar-refractivity contribution is -0.191. The molecular weight excluding hydrogens is 605 g/mol. The van der Waals surface area contributed by atoms with E-state index in [1.807, 2.05) is 6.92 Å². The van der Waals surface area contributed by atoms with Crippen molar-refractivity contribution in [3.8, 4) is 11.3 Å². The first-order valence-electron chi connectivity index (χ1n) is 12.3. The van der Waals surface area contributed by atoms with Gasteiger partial charge in [-0.15, -0.1) is 0 Å². The second-order valence-corrected chi connectivity index (χ2v) is 9.68. The van der Waals surface area contributed by atoms with Crippen LogP contribution in [0.2, 0.25) is 15.1 Å². The number of rotatable bonds is 3. The highest BCUT2D eigenvalue weighted by molar-refractivity contribution is 6.37. The second kappa shape index (κ2) is 17.0. The van der Waals surface area contributed by atoms with Gasteiger partial charge in [0.1, 0.15) is 11.6 Å². The van der Waals surface area contributed by atoms with Gasteiger partial charge in [-0.3, -0.25) is 4.79 Å². The molecule has 4 aromatic carbocycles. The number of hydrogen-bond donors (Lipinski definition) is 1. The summed E-state index contributed by atoms with van der Waals surface area (Å²) in [6.45, 7) is 3.55. The van der Waals surface area contributed by atoms with Gasteiger partial charge in [-0.05, 0) is 79.2 Å². The van der Waals surface area contributed by atoms with Crippen molar-refractivity contribution in [1.29, 1.82) is 0 Å². The number of carbonyl (C=O) groups is 1. The topological polar surface area (TPSA) is 90.1 Å². The quantitative estimate of drug-likeness (QED) is 0.159. The van der Waals surface area contributed by atoms with E-state index in [1.54, 1.807) is 79.7 Å². The summed E-state index contributed by atoms with van der Waals surface area (Å²) in [7, 11) is 0. The zero-order valence-electron chi connectivity index (χ0n) is 22.5. The lowest BCUT2D eigenvalue weighted by Crippen LogP contribution is -1.99. The number of halogens is 5. The lowest BCUT2D eigenvalue weighted by Gasteiger charge is -2.11. The first-order valence-corrected chi connectivity index (χ1v) is 13.5. The Kier molecular flexibility index (Phi) is 13.8. The summed E-state index contributed by atoms with van der Waals surface area (Å²) in [5, 5.41) is 2.64. The molecule has 5 rings (SSSR count). The molecule has 0 amide bonds. The molecule has 0 bridgehead atoms. The van der Waals surface area contributed by atoms with E-state index in [2.05, 4.69) is 4.98 Å². The van der Waals surface area contributed by atoms with Crippen LogP contribution in [0.25, 0.3) is 22.2 Å². The normalized spacial score (nSPS) is 9.69. The smallest absolute Gasteiger partial charge is 0.373 e. The minimum Gasteiger partial charge on any atom is -0.399 e. The predicted octanol–water partition coefficient (Wildman–Crippen LogP) is 9.41. The Morgan fingerprint density at radius 3 is 1.93 bits per heavy atom. The van der Waals surface area contributed by atoms with Crippen LogP contribution in [0, 0.1) is 18.6 Å². The second-order valence-electron chi connectivity index (χ2n) is 8.43. The maximum absolute atomic E-state index is 13.9. The van der Waals surface area contributed by atoms with Crippen molar-refractivity contribution in [3.63, 3.8) is 0 Å². The first-order chi connectivity index (χ1) is 20.0. The minimum absolute atomic E-state index is 0.150. The minimum atomic E-state index is -0.431. The molecule has 216 valence electrons. The van der Waals surface area contributed by atoms with Gasteiger partial charge >= 0.3 is 6.15 Å².